The minimum atomic E-state index is -0.500. The van der Waals surface area contributed by atoms with E-state index in [1.54, 1.807) is 20.1 Å². The molecule has 1 aromatic heterocycles. The first kappa shape index (κ1) is 17.8. The SMILES string of the molecule is C=C(C)C(COc1cc(O)c2c(=O)c3c(O)cc(C)cc3oc2c1)OC. The van der Waals surface area contributed by atoms with E-state index in [2.05, 4.69) is 6.58 Å². The first-order valence-corrected chi connectivity index (χ1v) is 8.06. The summed E-state index contributed by atoms with van der Waals surface area (Å²) in [4.78, 5) is 12.7. The van der Waals surface area contributed by atoms with Crippen molar-refractivity contribution in [2.45, 2.75) is 20.0 Å². The second-order valence-electron chi connectivity index (χ2n) is 6.29. The van der Waals surface area contributed by atoms with Crippen LogP contribution < -0.4 is 10.2 Å². The van der Waals surface area contributed by atoms with Crippen LogP contribution in [0.25, 0.3) is 21.9 Å². The van der Waals surface area contributed by atoms with Gasteiger partial charge in [0.25, 0.3) is 0 Å². The first-order valence-electron chi connectivity index (χ1n) is 8.06. The van der Waals surface area contributed by atoms with Crippen molar-refractivity contribution in [2.75, 3.05) is 13.7 Å². The highest BCUT2D eigenvalue weighted by Gasteiger charge is 2.17. The van der Waals surface area contributed by atoms with Crippen LogP contribution in [0.15, 0.2) is 45.6 Å². The molecule has 3 aromatic rings. The van der Waals surface area contributed by atoms with E-state index in [0.29, 0.717) is 5.75 Å². The Labute approximate surface area is 149 Å². The van der Waals surface area contributed by atoms with Gasteiger partial charge in [0, 0.05) is 19.2 Å². The Balaban J connectivity index is 2.12. The van der Waals surface area contributed by atoms with Gasteiger partial charge in [-0.05, 0) is 37.1 Å². The summed E-state index contributed by atoms with van der Waals surface area (Å²) >= 11 is 0. The molecule has 0 spiro atoms. The number of benzene rings is 2. The molecular weight excluding hydrogens is 336 g/mol. The number of aromatic hydroxyl groups is 2. The maximum atomic E-state index is 12.7. The van der Waals surface area contributed by atoms with E-state index in [1.807, 2.05) is 6.92 Å². The van der Waals surface area contributed by atoms with E-state index in [4.69, 9.17) is 13.9 Å². The van der Waals surface area contributed by atoms with Crippen LogP contribution in [0.4, 0.5) is 0 Å². The molecule has 1 atom stereocenters. The highest BCUT2D eigenvalue weighted by atomic mass is 16.5. The Bertz CT molecular complexity index is 1060. The highest BCUT2D eigenvalue weighted by molar-refractivity contribution is 5.96. The van der Waals surface area contributed by atoms with E-state index in [9.17, 15) is 15.0 Å². The summed E-state index contributed by atoms with van der Waals surface area (Å²) in [6, 6.07) is 5.99. The lowest BCUT2D eigenvalue weighted by molar-refractivity contribution is 0.0838. The quantitative estimate of drug-likeness (QED) is 0.536. The average Bonchev–Trinajstić information content (AvgIpc) is 2.53. The summed E-state index contributed by atoms with van der Waals surface area (Å²) in [5.41, 5.74) is 1.47. The number of phenols is 2. The van der Waals surface area contributed by atoms with Gasteiger partial charge in [-0.25, -0.2) is 0 Å². The third kappa shape index (κ3) is 3.11. The minimum Gasteiger partial charge on any atom is -0.507 e. The van der Waals surface area contributed by atoms with E-state index < -0.39 is 5.43 Å². The molecule has 136 valence electrons. The van der Waals surface area contributed by atoms with E-state index in [-0.39, 0.29) is 46.1 Å². The first-order chi connectivity index (χ1) is 12.3. The second kappa shape index (κ2) is 6.72. The Hall–Kier alpha value is -2.99. The number of ether oxygens (including phenoxy) is 2. The fraction of sp³-hybridized carbons (Fsp3) is 0.250. The molecule has 0 radical (unpaired) electrons. The summed E-state index contributed by atoms with van der Waals surface area (Å²) in [5, 5.41) is 20.4. The van der Waals surface area contributed by atoms with Crippen LogP contribution in [0.5, 0.6) is 17.2 Å². The summed E-state index contributed by atoms with van der Waals surface area (Å²) in [7, 11) is 1.56. The highest BCUT2D eigenvalue weighted by Crippen LogP contribution is 2.33. The molecule has 0 bridgehead atoms. The zero-order valence-electron chi connectivity index (χ0n) is 14.8. The Morgan fingerprint density at radius 3 is 2.38 bits per heavy atom. The van der Waals surface area contributed by atoms with Crippen molar-refractivity contribution in [1.82, 2.24) is 0 Å². The van der Waals surface area contributed by atoms with Gasteiger partial charge in [-0.15, -0.1) is 0 Å². The maximum absolute atomic E-state index is 12.7. The molecule has 0 aliphatic rings. The van der Waals surface area contributed by atoms with Gasteiger partial charge < -0.3 is 24.1 Å². The van der Waals surface area contributed by atoms with Crippen molar-refractivity contribution in [3.63, 3.8) is 0 Å². The number of fused-ring (bicyclic) bond motifs is 2. The topological polar surface area (TPSA) is 89.1 Å². The fourth-order valence-electron chi connectivity index (χ4n) is 2.84. The molecule has 26 heavy (non-hydrogen) atoms. The smallest absolute Gasteiger partial charge is 0.208 e. The predicted molar refractivity (Wildman–Crippen MR) is 99.2 cm³/mol. The maximum Gasteiger partial charge on any atom is 0.208 e. The summed E-state index contributed by atoms with van der Waals surface area (Å²) in [5.74, 6) is -0.130. The molecular formula is C20H20O6. The van der Waals surface area contributed by atoms with Crippen LogP contribution in [0, 0.1) is 6.92 Å². The van der Waals surface area contributed by atoms with Crippen molar-refractivity contribution < 1.29 is 24.1 Å². The number of rotatable bonds is 5. The van der Waals surface area contributed by atoms with Crippen molar-refractivity contribution in [2.24, 2.45) is 0 Å². The van der Waals surface area contributed by atoms with E-state index in [0.717, 1.165) is 11.1 Å². The van der Waals surface area contributed by atoms with Crippen LogP contribution in [-0.2, 0) is 4.74 Å². The summed E-state index contributed by atoms with van der Waals surface area (Å²) in [6.07, 6.45) is -0.295. The Morgan fingerprint density at radius 2 is 1.77 bits per heavy atom. The monoisotopic (exact) mass is 356 g/mol. The number of methoxy groups -OCH3 is 1. The van der Waals surface area contributed by atoms with Gasteiger partial charge in [0.15, 0.2) is 0 Å². The average molecular weight is 356 g/mol. The number of hydrogen-bond acceptors (Lipinski definition) is 6. The van der Waals surface area contributed by atoms with Gasteiger partial charge in [0.05, 0.1) is 0 Å². The van der Waals surface area contributed by atoms with Gasteiger partial charge in [-0.3, -0.25) is 4.79 Å². The van der Waals surface area contributed by atoms with Crippen molar-refractivity contribution in [3.05, 3.63) is 52.2 Å². The van der Waals surface area contributed by atoms with Gasteiger partial charge in [0.2, 0.25) is 5.43 Å². The minimum absolute atomic E-state index is 0.00723. The lowest BCUT2D eigenvalue weighted by Gasteiger charge is -2.16. The van der Waals surface area contributed by atoms with Crippen molar-refractivity contribution in [3.8, 4) is 17.2 Å². The van der Waals surface area contributed by atoms with Crippen LogP contribution >= 0.6 is 0 Å². The van der Waals surface area contributed by atoms with Gasteiger partial charge in [0.1, 0.15) is 51.9 Å². The molecule has 6 heteroatoms. The van der Waals surface area contributed by atoms with Gasteiger partial charge in [-0.2, -0.15) is 0 Å². The molecule has 0 saturated heterocycles. The molecule has 0 saturated carbocycles. The van der Waals surface area contributed by atoms with Crippen LogP contribution in [0.2, 0.25) is 0 Å². The molecule has 1 unspecified atom stereocenters. The van der Waals surface area contributed by atoms with Gasteiger partial charge >= 0.3 is 0 Å². The molecule has 6 nitrogen and oxygen atoms in total. The predicted octanol–water partition coefficient (Wildman–Crippen LogP) is 3.64. The lowest BCUT2D eigenvalue weighted by Crippen LogP contribution is -2.21. The summed E-state index contributed by atoms with van der Waals surface area (Å²) in [6.45, 7) is 7.64. The van der Waals surface area contributed by atoms with E-state index >= 15 is 0 Å². The molecule has 2 N–H and O–H groups in total. The molecule has 0 fully saturated rings. The van der Waals surface area contributed by atoms with Crippen LogP contribution in [-0.4, -0.2) is 30.0 Å². The van der Waals surface area contributed by atoms with Crippen LogP contribution in [0.3, 0.4) is 0 Å². The molecule has 1 heterocycles. The lowest BCUT2D eigenvalue weighted by atomic mass is 10.1. The molecule has 0 aliphatic carbocycles. The number of phenolic OH excluding ortho intramolecular Hbond substituents is 2. The number of aryl methyl sites for hydroxylation is 1. The summed E-state index contributed by atoms with van der Waals surface area (Å²) < 4.78 is 16.7. The third-order valence-corrected chi connectivity index (χ3v) is 4.19. The standard InChI is InChI=1S/C20H20O6/c1-10(2)17(24-4)9-25-12-7-14(22)19-16(8-12)26-15-6-11(3)5-13(21)18(15)20(19)23/h5-8,17,21-22H,1,9H2,2-4H3. The van der Waals surface area contributed by atoms with Crippen molar-refractivity contribution >= 4 is 21.9 Å². The largest absolute Gasteiger partial charge is 0.507 e. The number of hydrogen-bond donors (Lipinski definition) is 2. The van der Waals surface area contributed by atoms with Crippen LogP contribution in [0.1, 0.15) is 12.5 Å². The van der Waals surface area contributed by atoms with E-state index in [1.165, 1.54) is 18.2 Å². The Morgan fingerprint density at radius 1 is 1.15 bits per heavy atom. The zero-order valence-corrected chi connectivity index (χ0v) is 14.8. The second-order valence-corrected chi connectivity index (χ2v) is 6.29. The molecule has 0 aliphatic heterocycles. The molecule has 2 aromatic carbocycles. The van der Waals surface area contributed by atoms with Gasteiger partial charge in [-0.1, -0.05) is 6.58 Å². The zero-order chi connectivity index (χ0) is 19.0. The molecule has 3 rings (SSSR count). The molecule has 0 amide bonds. The normalized spacial score (nSPS) is 12.4. The Kier molecular flexibility index (Phi) is 4.61. The third-order valence-electron chi connectivity index (χ3n) is 4.19. The van der Waals surface area contributed by atoms with Crippen molar-refractivity contribution in [1.29, 1.82) is 0 Å². The fourth-order valence-corrected chi connectivity index (χ4v) is 2.84.